The van der Waals surface area contributed by atoms with Gasteiger partial charge in [-0.05, 0) is 53.6 Å². The molecule has 0 saturated heterocycles. The van der Waals surface area contributed by atoms with Gasteiger partial charge in [0.05, 0.1) is 10.7 Å². The van der Waals surface area contributed by atoms with Crippen LogP contribution in [0.3, 0.4) is 0 Å². The first kappa shape index (κ1) is 21.7. The molecule has 0 atom stereocenters. The predicted octanol–water partition coefficient (Wildman–Crippen LogP) is 8.15. The van der Waals surface area contributed by atoms with Gasteiger partial charge < -0.3 is 4.57 Å². The number of hydrogen-bond acceptors (Lipinski definition) is 2. The van der Waals surface area contributed by atoms with Crippen molar-refractivity contribution in [2.75, 3.05) is 0 Å². The van der Waals surface area contributed by atoms with Crippen LogP contribution in [0.1, 0.15) is 11.4 Å². The topological polar surface area (TPSA) is 30.7 Å². The summed E-state index contributed by atoms with van der Waals surface area (Å²) in [5, 5.41) is 1.66. The van der Waals surface area contributed by atoms with Gasteiger partial charge in [-0.3, -0.25) is 0 Å². The third-order valence-corrected chi connectivity index (χ3v) is 6.17. The van der Waals surface area contributed by atoms with Gasteiger partial charge in [-0.25, -0.2) is 9.97 Å². The van der Waals surface area contributed by atoms with Gasteiger partial charge >= 0.3 is 0 Å². The molecule has 2 aromatic heterocycles. The largest absolute Gasteiger partial charge is 0.303 e. The second-order valence-corrected chi connectivity index (χ2v) is 8.85. The molecule has 33 heavy (non-hydrogen) atoms. The van der Waals surface area contributed by atoms with Crippen molar-refractivity contribution in [3.05, 3.63) is 124 Å². The average molecular weight is 491 g/mol. The van der Waals surface area contributed by atoms with Crippen LogP contribution >= 0.6 is 34.8 Å². The Kier molecular flexibility index (Phi) is 6.19. The zero-order valence-corrected chi connectivity index (χ0v) is 19.7. The smallest absolute Gasteiger partial charge is 0.129 e. The molecule has 2 heterocycles. The van der Waals surface area contributed by atoms with Crippen molar-refractivity contribution in [1.29, 1.82) is 0 Å². The van der Waals surface area contributed by atoms with Crippen molar-refractivity contribution in [1.82, 2.24) is 14.5 Å². The van der Waals surface area contributed by atoms with E-state index >= 15 is 0 Å². The Bertz CT molecular complexity index is 1390. The van der Waals surface area contributed by atoms with Crippen LogP contribution in [0.25, 0.3) is 28.1 Å². The molecule has 6 heteroatoms. The van der Waals surface area contributed by atoms with Gasteiger partial charge in [0.2, 0.25) is 0 Å². The number of pyridine rings is 1. The van der Waals surface area contributed by atoms with Crippen molar-refractivity contribution in [3.63, 3.8) is 0 Å². The van der Waals surface area contributed by atoms with Crippen molar-refractivity contribution < 1.29 is 0 Å². The highest BCUT2D eigenvalue weighted by molar-refractivity contribution is 6.36. The standard InChI is InChI=1S/C27H18Cl3N3/c28-21-11-12-23(24(29)15-21)25-17-33(22-4-2-1-3-5-22)27(32-25)14-18-6-8-19(9-7-18)20-10-13-26(30)31-16-20/h1-13,15-17H,14H2. The maximum Gasteiger partial charge on any atom is 0.129 e. The number of hydrogen-bond donors (Lipinski definition) is 0. The van der Waals surface area contributed by atoms with E-state index in [1.54, 1.807) is 18.3 Å². The third-order valence-electron chi connectivity index (χ3n) is 5.40. The second kappa shape index (κ2) is 9.40. The Labute approximate surface area is 207 Å². The fourth-order valence-corrected chi connectivity index (χ4v) is 4.34. The Morgan fingerprint density at radius 1 is 0.758 bits per heavy atom. The van der Waals surface area contributed by atoms with E-state index in [0.29, 0.717) is 21.6 Å². The predicted molar refractivity (Wildman–Crippen MR) is 137 cm³/mol. The van der Waals surface area contributed by atoms with E-state index in [1.165, 1.54) is 0 Å². The average Bonchev–Trinajstić information content (AvgIpc) is 3.24. The third kappa shape index (κ3) is 4.81. The minimum Gasteiger partial charge on any atom is -0.303 e. The first-order chi connectivity index (χ1) is 16.1. The van der Waals surface area contributed by atoms with E-state index in [0.717, 1.165) is 39.5 Å². The van der Waals surface area contributed by atoms with Crippen molar-refractivity contribution >= 4 is 34.8 Å². The fraction of sp³-hybridized carbons (Fsp3) is 0.0370. The lowest BCUT2D eigenvalue weighted by molar-refractivity contribution is 0.914. The van der Waals surface area contributed by atoms with Gasteiger partial charge in [-0.1, -0.05) is 77.3 Å². The van der Waals surface area contributed by atoms with E-state index in [2.05, 4.69) is 45.9 Å². The maximum atomic E-state index is 6.47. The second-order valence-electron chi connectivity index (χ2n) is 7.62. The van der Waals surface area contributed by atoms with Gasteiger partial charge in [0.15, 0.2) is 0 Å². The molecule has 0 saturated carbocycles. The van der Waals surface area contributed by atoms with Crippen molar-refractivity contribution in [3.8, 4) is 28.1 Å². The number of imidazole rings is 1. The summed E-state index contributed by atoms with van der Waals surface area (Å²) in [6.07, 6.45) is 4.47. The minimum atomic E-state index is 0.486. The van der Waals surface area contributed by atoms with Crippen molar-refractivity contribution in [2.24, 2.45) is 0 Å². The molecule has 0 bridgehead atoms. The number of rotatable bonds is 5. The summed E-state index contributed by atoms with van der Waals surface area (Å²) >= 11 is 18.5. The van der Waals surface area contributed by atoms with Crippen LogP contribution < -0.4 is 0 Å². The molecule has 0 N–H and O–H groups in total. The highest BCUT2D eigenvalue weighted by atomic mass is 35.5. The van der Waals surface area contributed by atoms with Gasteiger partial charge in [0.25, 0.3) is 0 Å². The number of para-hydroxylation sites is 1. The fourth-order valence-electron chi connectivity index (χ4n) is 3.73. The zero-order valence-electron chi connectivity index (χ0n) is 17.4. The zero-order chi connectivity index (χ0) is 22.8. The van der Waals surface area contributed by atoms with E-state index in [9.17, 15) is 0 Å². The SMILES string of the molecule is Clc1ccc(-c2cn(-c3ccccc3)c(Cc3ccc(-c4ccc(Cl)nc4)cc3)n2)c(Cl)c1. The van der Waals surface area contributed by atoms with Crippen molar-refractivity contribution in [2.45, 2.75) is 6.42 Å². The number of benzene rings is 3. The summed E-state index contributed by atoms with van der Waals surface area (Å²) in [6, 6.07) is 27.8. The number of halogens is 3. The van der Waals surface area contributed by atoms with E-state index < -0.39 is 0 Å². The Hall–Kier alpha value is -3.11. The summed E-state index contributed by atoms with van der Waals surface area (Å²) in [5.74, 6) is 0.920. The monoisotopic (exact) mass is 489 g/mol. The Morgan fingerprint density at radius 3 is 2.21 bits per heavy atom. The Balaban J connectivity index is 1.50. The molecule has 0 unspecified atom stereocenters. The summed E-state index contributed by atoms with van der Waals surface area (Å²) in [7, 11) is 0. The first-order valence-corrected chi connectivity index (χ1v) is 11.5. The minimum absolute atomic E-state index is 0.486. The normalized spacial score (nSPS) is 11.0. The molecule has 0 aliphatic heterocycles. The summed E-state index contributed by atoms with van der Waals surface area (Å²) < 4.78 is 2.11. The van der Waals surface area contributed by atoms with Crippen LogP contribution in [0.2, 0.25) is 15.2 Å². The van der Waals surface area contributed by atoms with Gasteiger partial charge in [0.1, 0.15) is 11.0 Å². The molecule has 0 aliphatic carbocycles. The quantitative estimate of drug-likeness (QED) is 0.233. The summed E-state index contributed by atoms with van der Waals surface area (Å²) in [6.45, 7) is 0. The molecule has 3 nitrogen and oxygen atoms in total. The van der Waals surface area contributed by atoms with Crippen LogP contribution in [-0.4, -0.2) is 14.5 Å². The highest BCUT2D eigenvalue weighted by Gasteiger charge is 2.14. The van der Waals surface area contributed by atoms with Crippen LogP contribution in [0.4, 0.5) is 0 Å². The van der Waals surface area contributed by atoms with Crippen LogP contribution in [0.5, 0.6) is 0 Å². The summed E-state index contributed by atoms with van der Waals surface area (Å²) in [5.41, 5.74) is 5.96. The lowest BCUT2D eigenvalue weighted by atomic mass is 10.0. The van der Waals surface area contributed by atoms with E-state index in [-0.39, 0.29) is 0 Å². The molecule has 0 radical (unpaired) electrons. The van der Waals surface area contributed by atoms with Crippen LogP contribution in [-0.2, 0) is 6.42 Å². The Morgan fingerprint density at radius 2 is 1.52 bits per heavy atom. The van der Waals surface area contributed by atoms with Gasteiger partial charge in [-0.15, -0.1) is 0 Å². The van der Waals surface area contributed by atoms with Gasteiger partial charge in [-0.2, -0.15) is 0 Å². The molecular formula is C27H18Cl3N3. The molecule has 0 amide bonds. The molecule has 0 spiro atoms. The molecule has 0 fully saturated rings. The molecule has 162 valence electrons. The summed E-state index contributed by atoms with van der Waals surface area (Å²) in [4.78, 5) is 9.11. The number of aromatic nitrogens is 3. The molecule has 5 aromatic rings. The van der Waals surface area contributed by atoms with E-state index in [1.807, 2.05) is 42.6 Å². The van der Waals surface area contributed by atoms with Crippen LogP contribution in [0, 0.1) is 0 Å². The first-order valence-electron chi connectivity index (χ1n) is 10.4. The number of nitrogens with zero attached hydrogens (tertiary/aromatic N) is 3. The maximum absolute atomic E-state index is 6.47. The molecule has 5 rings (SSSR count). The lowest BCUT2D eigenvalue weighted by Gasteiger charge is -2.08. The molecular weight excluding hydrogens is 473 g/mol. The highest BCUT2D eigenvalue weighted by Crippen LogP contribution is 2.31. The van der Waals surface area contributed by atoms with Gasteiger partial charge in [0, 0.05) is 40.7 Å². The molecule has 3 aromatic carbocycles. The molecule has 0 aliphatic rings. The van der Waals surface area contributed by atoms with Crippen LogP contribution in [0.15, 0.2) is 97.3 Å². The lowest BCUT2D eigenvalue weighted by Crippen LogP contribution is -2.01. The van der Waals surface area contributed by atoms with E-state index in [4.69, 9.17) is 39.8 Å².